The van der Waals surface area contributed by atoms with Crippen LogP contribution in [0.4, 0.5) is 0 Å². The number of aromatic hydroxyl groups is 1. The summed E-state index contributed by atoms with van der Waals surface area (Å²) in [7, 11) is 0. The summed E-state index contributed by atoms with van der Waals surface area (Å²) in [5.74, 6) is 0.614. The van der Waals surface area contributed by atoms with Gasteiger partial charge in [-0.25, -0.2) is 4.79 Å². The first kappa shape index (κ1) is 13.4. The minimum atomic E-state index is -0.431. The quantitative estimate of drug-likeness (QED) is 0.785. The minimum Gasteiger partial charge on any atom is -0.508 e. The molecule has 0 unspecified atom stereocenters. The smallest absolute Gasteiger partial charge is 0.344 e. The van der Waals surface area contributed by atoms with Crippen molar-refractivity contribution in [3.63, 3.8) is 0 Å². The topological polar surface area (TPSA) is 50.4 Å². The molecule has 3 nitrogen and oxygen atoms in total. The molecule has 0 fully saturated rings. The average Bonchev–Trinajstić information content (AvgIpc) is 2.48. The third-order valence-electron chi connectivity index (χ3n) is 3.50. The van der Waals surface area contributed by atoms with E-state index in [0.29, 0.717) is 11.1 Å². The van der Waals surface area contributed by atoms with E-state index in [1.165, 1.54) is 11.6 Å². The van der Waals surface area contributed by atoms with Crippen LogP contribution in [0.5, 0.6) is 5.75 Å². The van der Waals surface area contributed by atoms with Crippen LogP contribution >= 0.6 is 0 Å². The van der Waals surface area contributed by atoms with Gasteiger partial charge in [-0.1, -0.05) is 37.6 Å². The van der Waals surface area contributed by atoms with Gasteiger partial charge in [-0.3, -0.25) is 0 Å². The molecule has 0 saturated carbocycles. The monoisotopic (exact) mass is 280 g/mol. The van der Waals surface area contributed by atoms with Crippen molar-refractivity contribution in [2.75, 3.05) is 0 Å². The molecule has 1 aromatic heterocycles. The maximum absolute atomic E-state index is 12.1. The van der Waals surface area contributed by atoms with Gasteiger partial charge in [0.05, 0.1) is 5.39 Å². The molecule has 0 aliphatic carbocycles. The standard InChI is InChI=1S/C18H16O3/c1-2-4-12-5-3-6-14(9-12)17-10-13-7-8-15(19)11-16(13)18(20)21-17/h3,5-11,19H,2,4H2,1H3. The van der Waals surface area contributed by atoms with Crippen molar-refractivity contribution in [3.8, 4) is 17.1 Å². The number of fused-ring (bicyclic) bond motifs is 1. The molecule has 0 bridgehead atoms. The van der Waals surface area contributed by atoms with Gasteiger partial charge in [0, 0.05) is 5.56 Å². The van der Waals surface area contributed by atoms with E-state index in [9.17, 15) is 9.90 Å². The Hall–Kier alpha value is -2.55. The zero-order valence-corrected chi connectivity index (χ0v) is 11.8. The van der Waals surface area contributed by atoms with Gasteiger partial charge in [0.15, 0.2) is 0 Å². The molecule has 1 heterocycles. The molecule has 0 aliphatic rings. The molecule has 3 aromatic rings. The number of aryl methyl sites for hydroxylation is 1. The fourth-order valence-corrected chi connectivity index (χ4v) is 2.48. The number of rotatable bonds is 3. The average molecular weight is 280 g/mol. The van der Waals surface area contributed by atoms with Gasteiger partial charge in [-0.15, -0.1) is 0 Å². The van der Waals surface area contributed by atoms with Gasteiger partial charge in [-0.05, 0) is 41.6 Å². The number of benzene rings is 2. The molecule has 2 aromatic carbocycles. The van der Waals surface area contributed by atoms with Crippen LogP contribution in [-0.4, -0.2) is 5.11 Å². The maximum atomic E-state index is 12.1. The van der Waals surface area contributed by atoms with Crippen LogP contribution in [-0.2, 0) is 6.42 Å². The molecule has 0 amide bonds. The molecule has 0 saturated heterocycles. The van der Waals surface area contributed by atoms with Crippen LogP contribution < -0.4 is 5.63 Å². The molecule has 0 atom stereocenters. The second kappa shape index (κ2) is 5.44. The SMILES string of the molecule is CCCc1cccc(-c2cc3ccc(O)cc3c(=O)o2)c1. The Kier molecular flexibility index (Phi) is 3.48. The lowest BCUT2D eigenvalue weighted by atomic mass is 10.0. The predicted octanol–water partition coefficient (Wildman–Crippen LogP) is 4.12. The second-order valence-electron chi connectivity index (χ2n) is 5.12. The molecule has 3 heteroatoms. The summed E-state index contributed by atoms with van der Waals surface area (Å²) in [4.78, 5) is 12.1. The molecule has 0 radical (unpaired) electrons. The highest BCUT2D eigenvalue weighted by Crippen LogP contribution is 2.25. The Morgan fingerprint density at radius 1 is 1.10 bits per heavy atom. The first-order valence-electron chi connectivity index (χ1n) is 7.03. The van der Waals surface area contributed by atoms with E-state index < -0.39 is 5.63 Å². The van der Waals surface area contributed by atoms with Crippen LogP contribution in [0.25, 0.3) is 22.1 Å². The van der Waals surface area contributed by atoms with Crippen LogP contribution in [0, 0.1) is 0 Å². The zero-order valence-electron chi connectivity index (χ0n) is 11.8. The zero-order chi connectivity index (χ0) is 14.8. The Morgan fingerprint density at radius 2 is 1.95 bits per heavy atom. The van der Waals surface area contributed by atoms with Crippen molar-refractivity contribution in [3.05, 3.63) is 64.5 Å². The number of hydrogen-bond acceptors (Lipinski definition) is 3. The van der Waals surface area contributed by atoms with Crippen molar-refractivity contribution in [1.82, 2.24) is 0 Å². The van der Waals surface area contributed by atoms with Crippen molar-refractivity contribution in [2.24, 2.45) is 0 Å². The van der Waals surface area contributed by atoms with Gasteiger partial charge in [0.25, 0.3) is 0 Å². The fraction of sp³-hybridized carbons (Fsp3) is 0.167. The molecular weight excluding hydrogens is 264 g/mol. The highest BCUT2D eigenvalue weighted by molar-refractivity contribution is 5.85. The van der Waals surface area contributed by atoms with Crippen molar-refractivity contribution in [2.45, 2.75) is 19.8 Å². The van der Waals surface area contributed by atoms with E-state index in [1.807, 2.05) is 24.3 Å². The molecule has 106 valence electrons. The minimum absolute atomic E-state index is 0.0625. The summed E-state index contributed by atoms with van der Waals surface area (Å²) in [6.45, 7) is 2.13. The summed E-state index contributed by atoms with van der Waals surface area (Å²) in [6, 6.07) is 14.6. The Balaban J connectivity index is 2.15. The van der Waals surface area contributed by atoms with E-state index in [4.69, 9.17) is 4.42 Å². The molecular formula is C18H16O3. The van der Waals surface area contributed by atoms with Crippen molar-refractivity contribution in [1.29, 1.82) is 0 Å². The lowest BCUT2D eigenvalue weighted by Gasteiger charge is -2.05. The Morgan fingerprint density at radius 3 is 2.76 bits per heavy atom. The number of hydrogen-bond donors (Lipinski definition) is 1. The third-order valence-corrected chi connectivity index (χ3v) is 3.50. The summed E-state index contributed by atoms with van der Waals surface area (Å²) in [5, 5.41) is 10.6. The van der Waals surface area contributed by atoms with E-state index in [1.54, 1.807) is 12.1 Å². The highest BCUT2D eigenvalue weighted by atomic mass is 16.4. The van der Waals surface area contributed by atoms with Crippen LogP contribution in [0.1, 0.15) is 18.9 Å². The molecule has 0 spiro atoms. The molecule has 3 rings (SSSR count). The fourth-order valence-electron chi connectivity index (χ4n) is 2.48. The van der Waals surface area contributed by atoms with Gasteiger partial charge in [-0.2, -0.15) is 0 Å². The summed E-state index contributed by atoms with van der Waals surface area (Å²) in [5.41, 5.74) is 1.69. The molecule has 1 N–H and O–H groups in total. The third kappa shape index (κ3) is 2.68. The summed E-state index contributed by atoms with van der Waals surface area (Å²) >= 11 is 0. The van der Waals surface area contributed by atoms with Gasteiger partial charge in [0.1, 0.15) is 11.5 Å². The summed E-state index contributed by atoms with van der Waals surface area (Å²) in [6.07, 6.45) is 2.07. The Bertz CT molecular complexity index is 846. The van der Waals surface area contributed by atoms with E-state index in [2.05, 4.69) is 13.0 Å². The largest absolute Gasteiger partial charge is 0.508 e. The van der Waals surface area contributed by atoms with Crippen molar-refractivity contribution >= 4 is 10.8 Å². The van der Waals surface area contributed by atoms with Gasteiger partial charge < -0.3 is 9.52 Å². The second-order valence-corrected chi connectivity index (χ2v) is 5.12. The first-order valence-corrected chi connectivity index (χ1v) is 7.03. The lowest BCUT2D eigenvalue weighted by molar-refractivity contribution is 0.475. The number of phenolic OH excluding ortho intramolecular Hbond substituents is 1. The van der Waals surface area contributed by atoms with Gasteiger partial charge >= 0.3 is 5.63 Å². The predicted molar refractivity (Wildman–Crippen MR) is 83.6 cm³/mol. The maximum Gasteiger partial charge on any atom is 0.344 e. The van der Waals surface area contributed by atoms with E-state index in [-0.39, 0.29) is 5.75 Å². The van der Waals surface area contributed by atoms with Crippen LogP contribution in [0.3, 0.4) is 0 Å². The first-order chi connectivity index (χ1) is 10.2. The molecule has 21 heavy (non-hydrogen) atoms. The Labute approximate surface area is 122 Å². The molecule has 0 aliphatic heterocycles. The lowest BCUT2D eigenvalue weighted by Crippen LogP contribution is -2.00. The highest BCUT2D eigenvalue weighted by Gasteiger charge is 2.08. The van der Waals surface area contributed by atoms with Gasteiger partial charge in [0.2, 0.25) is 0 Å². The van der Waals surface area contributed by atoms with E-state index in [0.717, 1.165) is 23.8 Å². The normalized spacial score (nSPS) is 10.9. The summed E-state index contributed by atoms with van der Waals surface area (Å²) < 4.78 is 5.40. The van der Waals surface area contributed by atoms with Crippen molar-refractivity contribution < 1.29 is 9.52 Å². The number of phenols is 1. The van der Waals surface area contributed by atoms with E-state index >= 15 is 0 Å². The van der Waals surface area contributed by atoms with Crippen LogP contribution in [0.15, 0.2) is 57.7 Å². The van der Waals surface area contributed by atoms with Crippen LogP contribution in [0.2, 0.25) is 0 Å².